The van der Waals surface area contributed by atoms with Gasteiger partial charge >= 0.3 is 12.3 Å². The van der Waals surface area contributed by atoms with Gasteiger partial charge in [0.15, 0.2) is 0 Å². The molecule has 0 aliphatic rings. The Morgan fingerprint density at radius 2 is 2.00 bits per heavy atom. The van der Waals surface area contributed by atoms with Crippen molar-refractivity contribution in [3.8, 4) is 5.75 Å². The number of hydrogen-bond acceptors (Lipinski definition) is 4. The van der Waals surface area contributed by atoms with Gasteiger partial charge in [0.2, 0.25) is 0 Å². The van der Waals surface area contributed by atoms with Crippen LogP contribution >= 0.6 is 0 Å². The van der Waals surface area contributed by atoms with Crippen LogP contribution in [-0.4, -0.2) is 49.1 Å². The van der Waals surface area contributed by atoms with E-state index in [1.165, 1.54) is 30.2 Å². The summed E-state index contributed by atoms with van der Waals surface area (Å²) in [5, 5.41) is 8.82. The Hall–Kier alpha value is -1.80. The van der Waals surface area contributed by atoms with Gasteiger partial charge in [0.05, 0.1) is 13.2 Å². The zero-order valence-corrected chi connectivity index (χ0v) is 11.4. The molecule has 0 amide bonds. The van der Waals surface area contributed by atoms with Crippen LogP contribution in [0.15, 0.2) is 24.3 Å². The molecule has 1 rings (SSSR count). The normalized spacial score (nSPS) is 11.7. The van der Waals surface area contributed by atoms with E-state index in [-0.39, 0.29) is 37.6 Å². The van der Waals surface area contributed by atoms with E-state index in [2.05, 4.69) is 4.74 Å². The van der Waals surface area contributed by atoms with E-state index in [0.717, 1.165) is 0 Å². The fraction of sp³-hybridized carbons (Fsp3) is 0.462. The monoisotopic (exact) mass is 307 g/mol. The van der Waals surface area contributed by atoms with Gasteiger partial charge in [0.1, 0.15) is 5.75 Å². The third kappa shape index (κ3) is 6.96. The van der Waals surface area contributed by atoms with Crippen molar-refractivity contribution in [3.63, 3.8) is 0 Å². The smallest absolute Gasteiger partial charge is 0.480 e. The number of methoxy groups -OCH3 is 1. The molecule has 0 radical (unpaired) electrons. The number of ether oxygens (including phenoxy) is 2. The molecule has 0 aromatic heterocycles. The molecule has 1 N–H and O–H groups in total. The number of carboxylic acids is 1. The fourth-order valence-electron chi connectivity index (χ4n) is 1.73. The molecule has 0 bridgehead atoms. The number of rotatable bonds is 8. The predicted octanol–water partition coefficient (Wildman–Crippen LogP) is 2.12. The lowest BCUT2D eigenvalue weighted by Gasteiger charge is -2.21. The highest BCUT2D eigenvalue weighted by atomic mass is 19.4. The summed E-state index contributed by atoms with van der Waals surface area (Å²) in [6, 6.07) is 5.63. The molecule has 0 saturated heterocycles. The summed E-state index contributed by atoms with van der Waals surface area (Å²) in [6.07, 6.45) is -4.79. The van der Waals surface area contributed by atoms with Crippen LogP contribution in [-0.2, 0) is 16.1 Å². The molecular formula is C13H16F3NO4. The first kappa shape index (κ1) is 17.3. The van der Waals surface area contributed by atoms with Crippen LogP contribution in [0.2, 0.25) is 0 Å². The minimum absolute atomic E-state index is 0.0158. The van der Waals surface area contributed by atoms with Gasteiger partial charge in [-0.3, -0.25) is 9.69 Å². The molecule has 0 heterocycles. The molecule has 5 nitrogen and oxygen atoms in total. The number of carboxylic acid groups (broad SMARTS) is 1. The Kier molecular flexibility index (Phi) is 6.44. The van der Waals surface area contributed by atoms with Crippen LogP contribution in [0.1, 0.15) is 5.56 Å². The summed E-state index contributed by atoms with van der Waals surface area (Å²) < 4.78 is 45.8. The summed E-state index contributed by atoms with van der Waals surface area (Å²) in [7, 11) is 1.46. The van der Waals surface area contributed by atoms with Crippen LogP contribution in [0.3, 0.4) is 0 Å². The van der Waals surface area contributed by atoms with Gasteiger partial charge in [-0.15, -0.1) is 13.2 Å². The Labute approximate surface area is 119 Å². The Morgan fingerprint density at radius 1 is 1.33 bits per heavy atom. The maximum atomic E-state index is 12.3. The van der Waals surface area contributed by atoms with Crippen LogP contribution in [0.5, 0.6) is 5.75 Å². The van der Waals surface area contributed by atoms with E-state index in [1.807, 2.05) is 0 Å². The summed E-state index contributed by atoms with van der Waals surface area (Å²) in [5.41, 5.74) is 0.257. The van der Waals surface area contributed by atoms with Gasteiger partial charge in [0.25, 0.3) is 0 Å². The highest BCUT2D eigenvalue weighted by molar-refractivity contribution is 5.69. The molecule has 0 spiro atoms. The van der Waals surface area contributed by atoms with Gasteiger partial charge < -0.3 is 14.6 Å². The first-order valence-electron chi connectivity index (χ1n) is 6.08. The van der Waals surface area contributed by atoms with Crippen LogP contribution in [0.25, 0.3) is 0 Å². The molecule has 21 heavy (non-hydrogen) atoms. The van der Waals surface area contributed by atoms with Crippen molar-refractivity contribution in [3.05, 3.63) is 29.8 Å². The molecule has 8 heteroatoms. The van der Waals surface area contributed by atoms with E-state index in [1.54, 1.807) is 6.07 Å². The molecule has 0 unspecified atom stereocenters. The number of nitrogens with zero attached hydrogens (tertiary/aromatic N) is 1. The number of benzene rings is 1. The first-order valence-corrected chi connectivity index (χ1v) is 6.08. The maximum absolute atomic E-state index is 12.3. The van der Waals surface area contributed by atoms with E-state index in [9.17, 15) is 18.0 Å². The summed E-state index contributed by atoms with van der Waals surface area (Å²) in [4.78, 5) is 12.2. The molecule has 1 aromatic carbocycles. The highest BCUT2D eigenvalue weighted by Gasteiger charge is 2.32. The van der Waals surface area contributed by atoms with Crippen molar-refractivity contribution < 1.29 is 32.5 Å². The number of para-hydroxylation sites is 1. The number of carbonyl (C=O) groups is 1. The van der Waals surface area contributed by atoms with Crippen LogP contribution in [0.4, 0.5) is 13.2 Å². The molecule has 0 saturated carbocycles. The summed E-state index contributed by atoms with van der Waals surface area (Å²) in [5.74, 6) is -1.40. The van der Waals surface area contributed by atoms with Gasteiger partial charge in [-0.1, -0.05) is 18.2 Å². The fourth-order valence-corrected chi connectivity index (χ4v) is 1.73. The Balaban J connectivity index is 2.84. The molecule has 0 aliphatic heterocycles. The summed E-state index contributed by atoms with van der Waals surface area (Å²) in [6.45, 7) is 0.268. The van der Waals surface area contributed by atoms with Gasteiger partial charge in [-0.25, -0.2) is 0 Å². The molecule has 0 atom stereocenters. The van der Waals surface area contributed by atoms with Crippen molar-refractivity contribution in [2.75, 3.05) is 26.8 Å². The number of hydrogen-bond donors (Lipinski definition) is 1. The van der Waals surface area contributed by atoms with E-state index in [4.69, 9.17) is 9.84 Å². The second-order valence-corrected chi connectivity index (χ2v) is 4.25. The topological polar surface area (TPSA) is 59.0 Å². The lowest BCUT2D eigenvalue weighted by molar-refractivity contribution is -0.275. The second-order valence-electron chi connectivity index (χ2n) is 4.25. The third-order valence-electron chi connectivity index (χ3n) is 2.56. The lowest BCUT2D eigenvalue weighted by atomic mass is 10.2. The predicted molar refractivity (Wildman–Crippen MR) is 67.9 cm³/mol. The largest absolute Gasteiger partial charge is 0.573 e. The van der Waals surface area contributed by atoms with Crippen molar-refractivity contribution in [1.29, 1.82) is 0 Å². The zero-order chi connectivity index (χ0) is 15.9. The second kappa shape index (κ2) is 7.84. The van der Waals surface area contributed by atoms with Gasteiger partial charge in [-0.2, -0.15) is 0 Å². The number of halogens is 3. The van der Waals surface area contributed by atoms with Crippen LogP contribution < -0.4 is 4.74 Å². The van der Waals surface area contributed by atoms with E-state index in [0.29, 0.717) is 0 Å². The molecule has 118 valence electrons. The standard InChI is InChI=1S/C13H16F3NO4/c1-20-7-6-17(9-12(18)19)8-10-4-2-3-5-11(10)21-13(14,15)16/h2-5H,6-9H2,1H3,(H,18,19). The zero-order valence-electron chi connectivity index (χ0n) is 11.4. The van der Waals surface area contributed by atoms with Crippen molar-refractivity contribution in [2.24, 2.45) is 0 Å². The Bertz CT molecular complexity index is 465. The van der Waals surface area contributed by atoms with E-state index >= 15 is 0 Å². The number of alkyl halides is 3. The molecular weight excluding hydrogens is 291 g/mol. The minimum Gasteiger partial charge on any atom is -0.480 e. The van der Waals surface area contributed by atoms with Gasteiger partial charge in [0, 0.05) is 25.8 Å². The van der Waals surface area contributed by atoms with Gasteiger partial charge in [-0.05, 0) is 6.07 Å². The van der Waals surface area contributed by atoms with Crippen molar-refractivity contribution in [2.45, 2.75) is 12.9 Å². The quantitative estimate of drug-likeness (QED) is 0.797. The molecule has 1 aromatic rings. The maximum Gasteiger partial charge on any atom is 0.573 e. The average molecular weight is 307 g/mol. The Morgan fingerprint density at radius 3 is 2.57 bits per heavy atom. The van der Waals surface area contributed by atoms with Crippen molar-refractivity contribution >= 4 is 5.97 Å². The first-order chi connectivity index (χ1) is 9.81. The minimum atomic E-state index is -4.79. The molecule has 0 aliphatic carbocycles. The van der Waals surface area contributed by atoms with Crippen molar-refractivity contribution in [1.82, 2.24) is 4.90 Å². The molecule has 0 fully saturated rings. The third-order valence-corrected chi connectivity index (χ3v) is 2.56. The highest BCUT2D eigenvalue weighted by Crippen LogP contribution is 2.27. The summed E-state index contributed by atoms with van der Waals surface area (Å²) >= 11 is 0. The van der Waals surface area contributed by atoms with Crippen LogP contribution in [0, 0.1) is 0 Å². The average Bonchev–Trinajstić information content (AvgIpc) is 2.36. The van der Waals surface area contributed by atoms with E-state index < -0.39 is 12.3 Å². The SMILES string of the molecule is COCCN(CC(=O)O)Cc1ccccc1OC(F)(F)F. The number of aliphatic carboxylic acids is 1. The lowest BCUT2D eigenvalue weighted by Crippen LogP contribution is -2.32.